The normalized spacial score (nSPS) is 15.5. The topological polar surface area (TPSA) is 41.1 Å². The van der Waals surface area contributed by atoms with Crippen LogP contribution < -0.4 is 10.6 Å². The van der Waals surface area contributed by atoms with E-state index in [1.165, 1.54) is 12.8 Å². The van der Waals surface area contributed by atoms with Gasteiger partial charge in [0.1, 0.15) is 0 Å². The third kappa shape index (κ3) is 3.57. The predicted octanol–water partition coefficient (Wildman–Crippen LogP) is 2.71. The van der Waals surface area contributed by atoms with Gasteiger partial charge < -0.3 is 10.6 Å². The summed E-state index contributed by atoms with van der Waals surface area (Å²) in [4.78, 5) is 11.8. The van der Waals surface area contributed by atoms with Crippen molar-refractivity contribution in [2.45, 2.75) is 39.2 Å². The third-order valence-electron chi connectivity index (χ3n) is 3.60. The fourth-order valence-corrected chi connectivity index (χ4v) is 2.19. The van der Waals surface area contributed by atoms with Crippen molar-refractivity contribution in [1.82, 2.24) is 5.32 Å². The van der Waals surface area contributed by atoms with Crippen molar-refractivity contribution in [3.63, 3.8) is 0 Å². The van der Waals surface area contributed by atoms with Crippen molar-refractivity contribution < 1.29 is 4.79 Å². The molecule has 1 aliphatic rings. The van der Waals surface area contributed by atoms with Crippen LogP contribution in [0.1, 0.15) is 32.3 Å². The lowest BCUT2D eigenvalue weighted by Crippen LogP contribution is -2.45. The number of carbonyl (C=O) groups excluding carboxylic acids is 1. The van der Waals surface area contributed by atoms with E-state index in [2.05, 4.69) is 24.5 Å². The smallest absolute Gasteiger partial charge is 0.238 e. The Hall–Kier alpha value is -1.35. The van der Waals surface area contributed by atoms with Gasteiger partial charge in [0.15, 0.2) is 0 Å². The fourth-order valence-electron chi connectivity index (χ4n) is 2.19. The van der Waals surface area contributed by atoms with Crippen LogP contribution in [0.25, 0.3) is 0 Å². The van der Waals surface area contributed by atoms with Gasteiger partial charge in [-0.1, -0.05) is 12.1 Å². The average molecular weight is 246 g/mol. The number of hydrogen-bond donors (Lipinski definition) is 2. The molecule has 0 unspecified atom stereocenters. The van der Waals surface area contributed by atoms with Crippen LogP contribution in [0.3, 0.4) is 0 Å². The molecule has 1 fully saturated rings. The SMILES string of the molecule is Cc1cccc(NC(=O)CNC(C)(C)C2CC2)c1. The van der Waals surface area contributed by atoms with Gasteiger partial charge in [-0.3, -0.25) is 4.79 Å². The molecule has 1 aromatic rings. The maximum absolute atomic E-state index is 11.8. The Labute approximate surface area is 109 Å². The Morgan fingerprint density at radius 2 is 2.11 bits per heavy atom. The second-order valence-corrected chi connectivity index (χ2v) is 5.77. The second-order valence-electron chi connectivity index (χ2n) is 5.77. The first-order valence-electron chi connectivity index (χ1n) is 6.59. The van der Waals surface area contributed by atoms with Crippen LogP contribution in [0, 0.1) is 12.8 Å². The van der Waals surface area contributed by atoms with Gasteiger partial charge in [0.2, 0.25) is 5.91 Å². The minimum absolute atomic E-state index is 0.0225. The zero-order chi connectivity index (χ0) is 13.2. The first-order valence-corrected chi connectivity index (χ1v) is 6.59. The standard InChI is InChI=1S/C15H22N2O/c1-11-5-4-6-13(9-11)17-14(18)10-16-15(2,3)12-7-8-12/h4-6,9,12,16H,7-8,10H2,1-3H3,(H,17,18). The zero-order valence-corrected chi connectivity index (χ0v) is 11.4. The van der Waals surface area contributed by atoms with E-state index < -0.39 is 0 Å². The Kier molecular flexibility index (Phi) is 3.71. The highest BCUT2D eigenvalue weighted by molar-refractivity contribution is 5.92. The minimum Gasteiger partial charge on any atom is -0.325 e. The lowest BCUT2D eigenvalue weighted by atomic mass is 9.99. The molecule has 0 radical (unpaired) electrons. The summed E-state index contributed by atoms with van der Waals surface area (Å²) >= 11 is 0. The van der Waals surface area contributed by atoms with E-state index in [0.29, 0.717) is 6.54 Å². The molecule has 0 bridgehead atoms. The Balaban J connectivity index is 1.82. The van der Waals surface area contributed by atoms with Crippen LogP contribution in [-0.2, 0) is 4.79 Å². The van der Waals surface area contributed by atoms with Gasteiger partial charge >= 0.3 is 0 Å². The Morgan fingerprint density at radius 3 is 2.72 bits per heavy atom. The van der Waals surface area contributed by atoms with Crippen molar-refractivity contribution >= 4 is 11.6 Å². The molecule has 1 aromatic carbocycles. The molecule has 0 heterocycles. The molecule has 18 heavy (non-hydrogen) atoms. The summed E-state index contributed by atoms with van der Waals surface area (Å²) in [5.74, 6) is 0.749. The van der Waals surface area contributed by atoms with Gasteiger partial charge in [0, 0.05) is 11.2 Å². The number of rotatable bonds is 5. The number of benzene rings is 1. The molecule has 1 amide bonds. The average Bonchev–Trinajstić information content (AvgIpc) is 3.10. The molecule has 2 N–H and O–H groups in total. The molecule has 2 rings (SSSR count). The maximum Gasteiger partial charge on any atom is 0.238 e. The summed E-state index contributed by atoms with van der Waals surface area (Å²) in [6, 6.07) is 7.86. The number of aryl methyl sites for hydroxylation is 1. The van der Waals surface area contributed by atoms with Crippen LogP contribution in [0.5, 0.6) is 0 Å². The van der Waals surface area contributed by atoms with Crippen molar-refractivity contribution in [3.8, 4) is 0 Å². The second kappa shape index (κ2) is 5.11. The van der Waals surface area contributed by atoms with Crippen molar-refractivity contribution in [2.24, 2.45) is 5.92 Å². The summed E-state index contributed by atoms with van der Waals surface area (Å²) in [7, 11) is 0. The maximum atomic E-state index is 11.8. The highest BCUT2D eigenvalue weighted by atomic mass is 16.1. The molecule has 1 aliphatic carbocycles. The van der Waals surface area contributed by atoms with Crippen LogP contribution in [0.4, 0.5) is 5.69 Å². The van der Waals surface area contributed by atoms with Crippen LogP contribution >= 0.6 is 0 Å². The molecule has 3 nitrogen and oxygen atoms in total. The quantitative estimate of drug-likeness (QED) is 0.838. The third-order valence-corrected chi connectivity index (χ3v) is 3.60. The van der Waals surface area contributed by atoms with Gasteiger partial charge in [-0.05, 0) is 57.2 Å². The van der Waals surface area contributed by atoms with E-state index in [9.17, 15) is 4.79 Å². The zero-order valence-electron chi connectivity index (χ0n) is 11.4. The summed E-state index contributed by atoms with van der Waals surface area (Å²) in [5.41, 5.74) is 2.09. The van der Waals surface area contributed by atoms with Crippen molar-refractivity contribution in [2.75, 3.05) is 11.9 Å². The first kappa shape index (κ1) is 13.1. The highest BCUT2D eigenvalue weighted by Gasteiger charge is 2.37. The van der Waals surface area contributed by atoms with E-state index >= 15 is 0 Å². The number of nitrogens with one attached hydrogen (secondary N) is 2. The van der Waals surface area contributed by atoms with Gasteiger partial charge in [0.05, 0.1) is 6.54 Å². The number of carbonyl (C=O) groups is 1. The molecular weight excluding hydrogens is 224 g/mol. The number of hydrogen-bond acceptors (Lipinski definition) is 2. The predicted molar refractivity (Wildman–Crippen MR) is 74.6 cm³/mol. The molecule has 0 spiro atoms. The Morgan fingerprint density at radius 1 is 1.39 bits per heavy atom. The van der Waals surface area contributed by atoms with E-state index in [-0.39, 0.29) is 11.4 Å². The summed E-state index contributed by atoms with van der Waals surface area (Å²) in [6.45, 7) is 6.73. The molecule has 1 saturated carbocycles. The Bertz CT molecular complexity index is 436. The summed E-state index contributed by atoms with van der Waals surface area (Å²) in [6.07, 6.45) is 2.55. The lowest BCUT2D eigenvalue weighted by Gasteiger charge is -2.25. The van der Waals surface area contributed by atoms with Gasteiger partial charge in [0.25, 0.3) is 0 Å². The van der Waals surface area contributed by atoms with Crippen LogP contribution in [0.15, 0.2) is 24.3 Å². The van der Waals surface area contributed by atoms with Gasteiger partial charge in [-0.2, -0.15) is 0 Å². The first-order chi connectivity index (χ1) is 8.47. The highest BCUT2D eigenvalue weighted by Crippen LogP contribution is 2.38. The van der Waals surface area contributed by atoms with E-state index in [1.807, 2.05) is 31.2 Å². The fraction of sp³-hybridized carbons (Fsp3) is 0.533. The lowest BCUT2D eigenvalue weighted by molar-refractivity contribution is -0.115. The summed E-state index contributed by atoms with van der Waals surface area (Å²) < 4.78 is 0. The van der Waals surface area contributed by atoms with Gasteiger partial charge in [-0.25, -0.2) is 0 Å². The summed E-state index contributed by atoms with van der Waals surface area (Å²) in [5, 5.41) is 6.26. The molecule has 0 saturated heterocycles. The molecule has 0 atom stereocenters. The van der Waals surface area contributed by atoms with Gasteiger partial charge in [-0.15, -0.1) is 0 Å². The van der Waals surface area contributed by atoms with E-state index in [0.717, 1.165) is 17.2 Å². The minimum atomic E-state index is 0.0225. The molecule has 0 aliphatic heterocycles. The molecule has 98 valence electrons. The van der Waals surface area contributed by atoms with Crippen LogP contribution in [0.2, 0.25) is 0 Å². The number of anilines is 1. The van der Waals surface area contributed by atoms with Crippen molar-refractivity contribution in [1.29, 1.82) is 0 Å². The number of amides is 1. The van der Waals surface area contributed by atoms with E-state index in [1.54, 1.807) is 0 Å². The monoisotopic (exact) mass is 246 g/mol. The van der Waals surface area contributed by atoms with Crippen LogP contribution in [-0.4, -0.2) is 18.0 Å². The molecule has 3 heteroatoms. The van der Waals surface area contributed by atoms with Crippen molar-refractivity contribution in [3.05, 3.63) is 29.8 Å². The largest absolute Gasteiger partial charge is 0.325 e. The molecule has 0 aromatic heterocycles. The van der Waals surface area contributed by atoms with E-state index in [4.69, 9.17) is 0 Å². The molecular formula is C15H22N2O.